The number of nitrogens with two attached hydrogens (primary N) is 1. The van der Waals surface area contributed by atoms with Gasteiger partial charge in [0.25, 0.3) is 0 Å². The third-order valence-electron chi connectivity index (χ3n) is 5.46. The summed E-state index contributed by atoms with van der Waals surface area (Å²) in [6.45, 7) is 31.5. The molecule has 0 aliphatic carbocycles. The van der Waals surface area contributed by atoms with E-state index in [1.165, 1.54) is 0 Å². The summed E-state index contributed by atoms with van der Waals surface area (Å²) >= 11 is 0. The monoisotopic (exact) mass is 533 g/mol. The van der Waals surface area contributed by atoms with E-state index >= 15 is 0 Å². The molecule has 1 aliphatic heterocycles. The van der Waals surface area contributed by atoms with Gasteiger partial charge in [-0.1, -0.05) is 54.2 Å². The molecule has 0 fully saturated rings. The summed E-state index contributed by atoms with van der Waals surface area (Å²) in [6.07, 6.45) is 9.17. The van der Waals surface area contributed by atoms with Crippen LogP contribution in [0.3, 0.4) is 0 Å². The molecule has 8 heteroatoms. The lowest BCUT2D eigenvalue weighted by Crippen LogP contribution is -2.40. The van der Waals surface area contributed by atoms with Crippen LogP contribution < -0.4 is 27.0 Å². The zero-order valence-electron chi connectivity index (χ0n) is 25.9. The highest BCUT2D eigenvalue weighted by Crippen LogP contribution is 2.05. The van der Waals surface area contributed by atoms with Gasteiger partial charge in [0.2, 0.25) is 0 Å². The number of carbonyl (C=O) groups is 1. The van der Waals surface area contributed by atoms with Crippen LogP contribution >= 0.6 is 0 Å². The van der Waals surface area contributed by atoms with Crippen molar-refractivity contribution in [2.75, 3.05) is 39.3 Å². The SMILES string of the molecule is C=C(NCCN(CC)CC)C1CN=C/C(NC(=O)NCCC(C)C)=C\C=C(/C)N1.C=CCC(C)(C)N.CC. The first kappa shape index (κ1) is 37.6. The zero-order chi connectivity index (χ0) is 29.6. The first-order valence-corrected chi connectivity index (χ1v) is 14.2. The summed E-state index contributed by atoms with van der Waals surface area (Å²) in [5, 5.41) is 12.6. The molecular formula is C30H59N7O. The van der Waals surface area contributed by atoms with Gasteiger partial charge in [0.05, 0.1) is 18.3 Å². The zero-order valence-corrected chi connectivity index (χ0v) is 25.9. The van der Waals surface area contributed by atoms with E-state index < -0.39 is 0 Å². The Morgan fingerprint density at radius 1 is 1.24 bits per heavy atom. The van der Waals surface area contributed by atoms with E-state index in [0.29, 0.717) is 24.7 Å². The second kappa shape index (κ2) is 22.4. The van der Waals surface area contributed by atoms with Gasteiger partial charge in [-0.05, 0) is 64.8 Å². The first-order valence-electron chi connectivity index (χ1n) is 14.2. The molecule has 2 amide bonds. The summed E-state index contributed by atoms with van der Waals surface area (Å²) in [4.78, 5) is 18.9. The fourth-order valence-corrected chi connectivity index (χ4v) is 3.21. The molecule has 0 saturated heterocycles. The lowest BCUT2D eigenvalue weighted by atomic mass is 10.0. The van der Waals surface area contributed by atoms with Crippen LogP contribution in [0.1, 0.15) is 75.2 Å². The standard InChI is InChI=1S/C22H40N6O.C6H13N.C2H6/c1-7-28(8-2)14-13-24-19(6)21-16-23-15-20(10-9-18(5)26-21)27-22(29)25-12-11-17(3)4;1-4-5-6(2,3)7;1-2/h9-10,15,17,21,24,26H,6-8,11-14,16H2,1-5H3,(H2,25,27,29);4H,1,5,7H2,2-3H3;1-2H3/b18-9+,20-10+,23-15?;;. The van der Waals surface area contributed by atoms with E-state index in [-0.39, 0.29) is 17.6 Å². The van der Waals surface area contributed by atoms with Gasteiger partial charge in [0, 0.05) is 42.8 Å². The van der Waals surface area contributed by atoms with Crippen LogP contribution in [0.15, 0.2) is 53.5 Å². The molecule has 0 radical (unpaired) electrons. The highest BCUT2D eigenvalue weighted by Gasteiger charge is 2.13. The minimum Gasteiger partial charge on any atom is -0.386 e. The maximum absolute atomic E-state index is 12.1. The summed E-state index contributed by atoms with van der Waals surface area (Å²) in [6, 6.07) is -0.215. The number of urea groups is 1. The molecule has 220 valence electrons. The molecule has 0 aromatic rings. The molecule has 38 heavy (non-hydrogen) atoms. The summed E-state index contributed by atoms with van der Waals surface area (Å²) in [7, 11) is 0. The van der Waals surface area contributed by atoms with Crippen molar-refractivity contribution in [1.29, 1.82) is 0 Å². The second-order valence-electron chi connectivity index (χ2n) is 10.2. The van der Waals surface area contributed by atoms with E-state index in [0.717, 1.165) is 50.4 Å². The van der Waals surface area contributed by atoms with E-state index in [9.17, 15) is 4.79 Å². The van der Waals surface area contributed by atoms with E-state index in [2.05, 4.69) is 72.0 Å². The molecule has 0 bridgehead atoms. The van der Waals surface area contributed by atoms with Crippen molar-refractivity contribution in [2.45, 2.75) is 86.7 Å². The predicted octanol–water partition coefficient (Wildman–Crippen LogP) is 4.93. The normalized spacial score (nSPS) is 17.8. The van der Waals surface area contributed by atoms with Crippen molar-refractivity contribution in [3.8, 4) is 0 Å². The van der Waals surface area contributed by atoms with Crippen LogP contribution in [0.5, 0.6) is 0 Å². The van der Waals surface area contributed by atoms with Crippen molar-refractivity contribution >= 4 is 12.2 Å². The molecule has 0 aromatic carbocycles. The third-order valence-corrected chi connectivity index (χ3v) is 5.46. The van der Waals surface area contributed by atoms with Crippen molar-refractivity contribution in [2.24, 2.45) is 16.6 Å². The predicted molar refractivity (Wildman–Crippen MR) is 167 cm³/mol. The van der Waals surface area contributed by atoms with Crippen molar-refractivity contribution < 1.29 is 4.79 Å². The third kappa shape index (κ3) is 21.5. The Morgan fingerprint density at radius 3 is 2.37 bits per heavy atom. The number of allylic oxidation sites excluding steroid dienone is 4. The number of amides is 2. The number of carbonyl (C=O) groups excluding carboxylic acids is 1. The van der Waals surface area contributed by atoms with E-state index in [4.69, 9.17) is 5.73 Å². The summed E-state index contributed by atoms with van der Waals surface area (Å²) in [5.41, 5.74) is 8.08. The number of rotatable bonds is 13. The maximum atomic E-state index is 12.1. The Bertz CT molecular complexity index is 744. The highest BCUT2D eigenvalue weighted by atomic mass is 16.2. The van der Waals surface area contributed by atoms with Crippen molar-refractivity contribution in [3.05, 3.63) is 48.5 Å². The number of likely N-dealkylation sites (N-methyl/N-ethyl adjacent to an activating group) is 1. The molecule has 6 N–H and O–H groups in total. The average Bonchev–Trinajstić information content (AvgIpc) is 2.93. The number of nitrogens with one attached hydrogen (secondary N) is 4. The van der Waals surface area contributed by atoms with Crippen LogP contribution in [0.4, 0.5) is 4.79 Å². The summed E-state index contributed by atoms with van der Waals surface area (Å²) < 4.78 is 0. The topological polar surface area (TPSA) is 107 Å². The van der Waals surface area contributed by atoms with E-state index in [1.54, 1.807) is 6.21 Å². The maximum Gasteiger partial charge on any atom is 0.319 e. The Balaban J connectivity index is 0. The van der Waals surface area contributed by atoms with Crippen LogP contribution in [-0.2, 0) is 0 Å². The Hall–Kier alpha value is -2.58. The molecular weight excluding hydrogens is 474 g/mol. The minimum atomic E-state index is -0.208. The lowest BCUT2D eigenvalue weighted by Gasteiger charge is -2.24. The van der Waals surface area contributed by atoms with Gasteiger partial charge >= 0.3 is 6.03 Å². The van der Waals surface area contributed by atoms with Gasteiger partial charge in [0.1, 0.15) is 0 Å². The highest BCUT2D eigenvalue weighted by molar-refractivity contribution is 5.87. The van der Waals surface area contributed by atoms with Gasteiger partial charge in [-0.2, -0.15) is 0 Å². The minimum absolute atomic E-state index is 0.00757. The fraction of sp³-hybridized carbons (Fsp3) is 0.667. The Morgan fingerprint density at radius 2 is 1.87 bits per heavy atom. The lowest BCUT2D eigenvalue weighted by molar-refractivity contribution is 0.243. The number of aliphatic imine (C=N–C) groups is 1. The van der Waals surface area contributed by atoms with Crippen LogP contribution in [0.2, 0.25) is 0 Å². The molecule has 1 atom stereocenters. The first-order chi connectivity index (χ1) is 17.9. The fourth-order valence-electron chi connectivity index (χ4n) is 3.21. The van der Waals surface area contributed by atoms with Gasteiger partial charge in [0.15, 0.2) is 0 Å². The number of hydrogen-bond donors (Lipinski definition) is 5. The second-order valence-corrected chi connectivity index (χ2v) is 10.2. The Kier molecular flexibility index (Phi) is 22.2. The molecule has 1 unspecified atom stereocenters. The van der Waals surface area contributed by atoms with Gasteiger partial charge < -0.3 is 31.9 Å². The van der Waals surface area contributed by atoms with Gasteiger partial charge in [-0.15, -0.1) is 6.58 Å². The number of hydrogen-bond acceptors (Lipinski definition) is 6. The molecule has 1 rings (SSSR count). The van der Waals surface area contributed by atoms with Gasteiger partial charge in [-0.25, -0.2) is 4.79 Å². The van der Waals surface area contributed by atoms with E-state index in [1.807, 2.05) is 52.8 Å². The van der Waals surface area contributed by atoms with Crippen molar-refractivity contribution in [3.63, 3.8) is 0 Å². The molecule has 1 aliphatic rings. The van der Waals surface area contributed by atoms with Crippen LogP contribution in [0.25, 0.3) is 0 Å². The quantitative estimate of drug-likeness (QED) is 0.216. The van der Waals surface area contributed by atoms with Crippen molar-refractivity contribution in [1.82, 2.24) is 26.2 Å². The molecule has 1 heterocycles. The van der Waals surface area contributed by atoms with Gasteiger partial charge in [-0.3, -0.25) is 4.99 Å². The molecule has 0 saturated carbocycles. The number of nitrogens with zero attached hydrogens (tertiary/aromatic N) is 2. The Labute approximate surface area is 234 Å². The largest absolute Gasteiger partial charge is 0.386 e. The average molecular weight is 534 g/mol. The summed E-state index contributed by atoms with van der Waals surface area (Å²) in [5.74, 6) is 0.559. The smallest absolute Gasteiger partial charge is 0.319 e. The molecule has 0 spiro atoms. The van der Waals surface area contributed by atoms with Crippen LogP contribution in [-0.4, -0.2) is 68.0 Å². The van der Waals surface area contributed by atoms with Crippen LogP contribution in [0, 0.1) is 5.92 Å². The molecule has 0 aromatic heterocycles. The molecule has 8 nitrogen and oxygen atoms in total.